The highest BCUT2D eigenvalue weighted by molar-refractivity contribution is 5.70. The number of alkyl halides is 6. The second-order valence-electron chi connectivity index (χ2n) is 4.03. The molecule has 0 heterocycles. The van der Waals surface area contributed by atoms with Gasteiger partial charge >= 0.3 is 12.5 Å². The first-order valence-corrected chi connectivity index (χ1v) is 5.61. The lowest BCUT2D eigenvalue weighted by atomic mass is 10.0. The summed E-state index contributed by atoms with van der Waals surface area (Å²) in [6.45, 7) is 0. The zero-order chi connectivity index (χ0) is 15.7. The third-order valence-electron chi connectivity index (χ3n) is 2.53. The van der Waals surface area contributed by atoms with Crippen molar-refractivity contribution in [2.45, 2.75) is 12.5 Å². The van der Waals surface area contributed by atoms with Gasteiger partial charge in [-0.3, -0.25) is 0 Å². The van der Waals surface area contributed by atoms with E-state index in [1.54, 1.807) is 0 Å². The largest absolute Gasteiger partial charge is 0.573 e. The summed E-state index contributed by atoms with van der Waals surface area (Å²) in [5.41, 5.74) is -1.23. The Morgan fingerprint density at radius 2 is 1.57 bits per heavy atom. The predicted molar refractivity (Wildman–Crippen MR) is 62.4 cm³/mol. The Hall–Kier alpha value is -2.18. The van der Waals surface area contributed by atoms with Gasteiger partial charge in [0.2, 0.25) is 0 Å². The molecule has 2 rings (SSSR count). The van der Waals surface area contributed by atoms with Crippen molar-refractivity contribution in [3.05, 3.63) is 54.1 Å². The molecule has 2 aromatic carbocycles. The molecule has 0 saturated heterocycles. The lowest BCUT2D eigenvalue weighted by Gasteiger charge is -2.14. The number of hydrogen-bond acceptors (Lipinski definition) is 1. The number of para-hydroxylation sites is 1. The fraction of sp³-hybridized carbons (Fsp3) is 0.143. The first kappa shape index (κ1) is 15.2. The first-order valence-electron chi connectivity index (χ1n) is 5.61. The number of benzene rings is 2. The Morgan fingerprint density at radius 1 is 0.905 bits per heavy atom. The molecule has 0 N–H and O–H groups in total. The first-order chi connectivity index (χ1) is 9.67. The van der Waals surface area contributed by atoms with Crippen LogP contribution in [-0.2, 0) is 6.18 Å². The van der Waals surface area contributed by atoms with Crippen LogP contribution >= 0.6 is 0 Å². The summed E-state index contributed by atoms with van der Waals surface area (Å²) in [7, 11) is 0. The minimum atomic E-state index is -4.93. The van der Waals surface area contributed by atoms with Gasteiger partial charge in [0, 0.05) is 5.56 Å². The molecule has 111 valence electrons. The second kappa shape index (κ2) is 5.31. The van der Waals surface area contributed by atoms with E-state index in [4.69, 9.17) is 0 Å². The van der Waals surface area contributed by atoms with E-state index in [2.05, 4.69) is 10.8 Å². The van der Waals surface area contributed by atoms with Crippen molar-refractivity contribution in [2.75, 3.05) is 0 Å². The molecule has 0 amide bonds. The maximum absolute atomic E-state index is 12.6. The minimum absolute atomic E-state index is 0.124. The van der Waals surface area contributed by atoms with E-state index in [0.717, 1.165) is 24.3 Å². The van der Waals surface area contributed by atoms with Crippen LogP contribution in [0.2, 0.25) is 0 Å². The van der Waals surface area contributed by atoms with E-state index in [1.807, 2.05) is 0 Å². The van der Waals surface area contributed by atoms with Gasteiger partial charge in [-0.15, -0.1) is 13.2 Å². The molecule has 21 heavy (non-hydrogen) atoms. The molecule has 0 bridgehead atoms. The zero-order valence-corrected chi connectivity index (χ0v) is 10.2. The molecule has 7 heteroatoms. The van der Waals surface area contributed by atoms with Gasteiger partial charge in [0.15, 0.2) is 0 Å². The molecular formula is C14H7F6O. The smallest absolute Gasteiger partial charge is 0.405 e. The third kappa shape index (κ3) is 3.90. The Bertz CT molecular complexity index is 630. The van der Waals surface area contributed by atoms with Crippen LogP contribution < -0.4 is 4.74 Å². The summed E-state index contributed by atoms with van der Waals surface area (Å²) in [6, 6.07) is 9.93. The van der Waals surface area contributed by atoms with E-state index >= 15 is 0 Å². The van der Waals surface area contributed by atoms with Crippen molar-refractivity contribution in [1.29, 1.82) is 0 Å². The van der Waals surface area contributed by atoms with Gasteiger partial charge in [-0.2, -0.15) is 13.2 Å². The van der Waals surface area contributed by atoms with Gasteiger partial charge in [0.1, 0.15) is 5.75 Å². The van der Waals surface area contributed by atoms with Crippen molar-refractivity contribution >= 4 is 0 Å². The number of rotatable bonds is 2. The van der Waals surface area contributed by atoms with E-state index in [9.17, 15) is 26.3 Å². The molecule has 0 spiro atoms. The van der Waals surface area contributed by atoms with Gasteiger partial charge in [-0.25, -0.2) is 0 Å². The molecule has 1 nitrogen and oxygen atoms in total. The van der Waals surface area contributed by atoms with Crippen LogP contribution in [0.3, 0.4) is 0 Å². The molecule has 0 aromatic heterocycles. The zero-order valence-electron chi connectivity index (χ0n) is 10.2. The molecular weight excluding hydrogens is 298 g/mol. The summed E-state index contributed by atoms with van der Waals surface area (Å²) in [6.07, 6.45) is -9.53. The highest BCUT2D eigenvalue weighted by Gasteiger charge is 2.33. The van der Waals surface area contributed by atoms with E-state index in [1.165, 1.54) is 18.2 Å². The van der Waals surface area contributed by atoms with Crippen LogP contribution in [0.25, 0.3) is 11.1 Å². The van der Waals surface area contributed by atoms with Gasteiger partial charge < -0.3 is 4.74 Å². The van der Waals surface area contributed by atoms with Gasteiger partial charge in [0.25, 0.3) is 0 Å². The van der Waals surface area contributed by atoms with Crippen LogP contribution in [0.15, 0.2) is 42.5 Å². The second-order valence-corrected chi connectivity index (χ2v) is 4.03. The summed E-state index contributed by atoms with van der Waals surface area (Å²) in [5.74, 6) is -0.583. The van der Waals surface area contributed by atoms with E-state index in [0.29, 0.717) is 0 Å². The fourth-order valence-corrected chi connectivity index (χ4v) is 1.70. The van der Waals surface area contributed by atoms with Crippen LogP contribution in [0.5, 0.6) is 5.75 Å². The van der Waals surface area contributed by atoms with Crippen molar-refractivity contribution in [1.82, 2.24) is 0 Å². The number of hydrogen-bond donors (Lipinski definition) is 0. The van der Waals surface area contributed by atoms with Gasteiger partial charge in [-0.05, 0) is 29.8 Å². The van der Waals surface area contributed by atoms with Gasteiger partial charge in [-0.1, -0.05) is 24.3 Å². The standard InChI is InChI=1S/C14H7F6O/c15-13(16,17)10-5-3-4-9(8-10)11-6-1-2-7-12(11)21-14(18,19)20/h1-3,5-8H. The Kier molecular flexibility index (Phi) is 3.85. The molecule has 1 radical (unpaired) electrons. The molecule has 0 atom stereocenters. The average Bonchev–Trinajstić information content (AvgIpc) is 2.37. The number of ether oxygens (including phenoxy) is 1. The van der Waals surface area contributed by atoms with Crippen molar-refractivity contribution in [3.63, 3.8) is 0 Å². The summed E-state index contributed by atoms with van der Waals surface area (Å²) in [5, 5.41) is 0. The fourth-order valence-electron chi connectivity index (χ4n) is 1.70. The van der Waals surface area contributed by atoms with Crippen molar-refractivity contribution in [2.24, 2.45) is 0 Å². The maximum atomic E-state index is 12.6. The maximum Gasteiger partial charge on any atom is 0.573 e. The van der Waals surface area contributed by atoms with Crippen LogP contribution in [-0.4, -0.2) is 6.36 Å². The molecule has 0 unspecified atom stereocenters. The Balaban J connectivity index is 2.48. The van der Waals surface area contributed by atoms with Crippen LogP contribution in [0, 0.1) is 6.07 Å². The quantitative estimate of drug-likeness (QED) is 0.704. The summed E-state index contributed by atoms with van der Waals surface area (Å²) < 4.78 is 78.6. The predicted octanol–water partition coefficient (Wildman–Crippen LogP) is 5.07. The monoisotopic (exact) mass is 305 g/mol. The molecule has 2 aromatic rings. The Morgan fingerprint density at radius 3 is 2.19 bits per heavy atom. The highest BCUT2D eigenvalue weighted by Crippen LogP contribution is 2.36. The van der Waals surface area contributed by atoms with Crippen LogP contribution in [0.4, 0.5) is 26.3 Å². The molecule has 0 saturated carbocycles. The molecule has 0 aliphatic heterocycles. The van der Waals surface area contributed by atoms with E-state index in [-0.39, 0.29) is 11.1 Å². The number of halogens is 6. The van der Waals surface area contributed by atoms with Crippen LogP contribution in [0.1, 0.15) is 5.56 Å². The molecule has 0 aliphatic rings. The summed E-state index contributed by atoms with van der Waals surface area (Å²) >= 11 is 0. The third-order valence-corrected chi connectivity index (χ3v) is 2.53. The topological polar surface area (TPSA) is 9.23 Å². The van der Waals surface area contributed by atoms with Gasteiger partial charge in [0.05, 0.1) is 5.56 Å². The Labute approximate surface area is 115 Å². The minimum Gasteiger partial charge on any atom is -0.405 e. The average molecular weight is 305 g/mol. The molecule has 0 aliphatic carbocycles. The summed E-state index contributed by atoms with van der Waals surface area (Å²) in [4.78, 5) is 0. The van der Waals surface area contributed by atoms with Crippen molar-refractivity contribution in [3.8, 4) is 16.9 Å². The normalized spacial score (nSPS) is 12.3. The lowest BCUT2D eigenvalue weighted by Crippen LogP contribution is -2.17. The SMILES string of the molecule is FC(F)(F)Oc1ccccc1-c1[c]ccc(C(F)(F)F)c1. The highest BCUT2D eigenvalue weighted by atomic mass is 19.4. The van der Waals surface area contributed by atoms with Crippen molar-refractivity contribution < 1.29 is 31.1 Å². The molecule has 0 fully saturated rings. The van der Waals surface area contributed by atoms with E-state index < -0.39 is 23.9 Å². The lowest BCUT2D eigenvalue weighted by molar-refractivity contribution is -0.274.